The fraction of sp³-hybridized carbons (Fsp3) is 0.259. The number of aromatic nitrogens is 3. The molecule has 0 aliphatic carbocycles. The Labute approximate surface area is 238 Å². The highest BCUT2D eigenvalue weighted by Crippen LogP contribution is 2.37. The molecular formula is C27H25F2N5O7S. The van der Waals surface area contributed by atoms with E-state index in [1.165, 1.54) is 37.6 Å². The average molecular weight is 602 g/mol. The molecule has 0 amide bonds. The molecule has 0 spiro atoms. The van der Waals surface area contributed by atoms with Gasteiger partial charge in [0.2, 0.25) is 21.9 Å². The van der Waals surface area contributed by atoms with Crippen LogP contribution in [0, 0.1) is 11.6 Å². The third-order valence-electron chi connectivity index (χ3n) is 6.31. The van der Waals surface area contributed by atoms with Crippen LogP contribution in [-0.2, 0) is 21.4 Å². The van der Waals surface area contributed by atoms with Crippen molar-refractivity contribution in [2.45, 2.75) is 6.61 Å². The number of nitrogens with one attached hydrogen (secondary N) is 1. The second-order valence-corrected chi connectivity index (χ2v) is 11.1. The van der Waals surface area contributed by atoms with Gasteiger partial charge in [-0.15, -0.1) is 0 Å². The van der Waals surface area contributed by atoms with Crippen molar-refractivity contribution in [1.82, 2.24) is 15.0 Å². The number of carboxylic acids is 1. The van der Waals surface area contributed by atoms with E-state index in [0.29, 0.717) is 31.9 Å². The van der Waals surface area contributed by atoms with Crippen LogP contribution in [0.1, 0.15) is 15.9 Å². The van der Waals surface area contributed by atoms with Gasteiger partial charge < -0.3 is 24.2 Å². The van der Waals surface area contributed by atoms with Crippen LogP contribution in [0.15, 0.2) is 42.6 Å². The standard InChI is InChI=1S/C27H25F2N5O7S/c1-39-25-21(33-42(2,37)38)10-17(13-30-25)23-19-11-18(28)12-22(24(19)32-27(31-23)34-5-7-40-8-6-34)41-14-16-4-3-15(26(35)36)9-20(16)29/h3-4,9-13,33H,5-8,14H2,1-2H3,(H,35,36). The quantitative estimate of drug-likeness (QED) is 0.290. The van der Waals surface area contributed by atoms with E-state index in [1.54, 1.807) is 0 Å². The molecule has 0 unspecified atom stereocenters. The first-order valence-corrected chi connectivity index (χ1v) is 14.4. The summed E-state index contributed by atoms with van der Waals surface area (Å²) in [4.78, 5) is 26.6. The lowest BCUT2D eigenvalue weighted by molar-refractivity contribution is 0.0696. The minimum Gasteiger partial charge on any atom is -0.486 e. The van der Waals surface area contributed by atoms with Gasteiger partial charge in [0.25, 0.3) is 0 Å². The van der Waals surface area contributed by atoms with Gasteiger partial charge in [0.15, 0.2) is 0 Å². The molecule has 0 saturated carbocycles. The normalized spacial score (nSPS) is 13.7. The number of ether oxygens (including phenoxy) is 3. The van der Waals surface area contributed by atoms with Crippen LogP contribution in [0.25, 0.3) is 22.2 Å². The smallest absolute Gasteiger partial charge is 0.335 e. The molecule has 2 N–H and O–H groups in total. The van der Waals surface area contributed by atoms with E-state index in [4.69, 9.17) is 24.3 Å². The Bertz CT molecular complexity index is 1780. The minimum absolute atomic E-state index is 0.0131. The Morgan fingerprint density at radius 1 is 1.14 bits per heavy atom. The number of rotatable bonds is 9. The van der Waals surface area contributed by atoms with Gasteiger partial charge in [0.05, 0.1) is 37.8 Å². The number of carboxylic acid groups (broad SMARTS) is 1. The van der Waals surface area contributed by atoms with E-state index >= 15 is 0 Å². The number of hydrogen-bond donors (Lipinski definition) is 2. The number of hydrogen-bond acceptors (Lipinski definition) is 10. The molecule has 0 atom stereocenters. The van der Waals surface area contributed by atoms with Crippen molar-refractivity contribution in [3.8, 4) is 22.9 Å². The summed E-state index contributed by atoms with van der Waals surface area (Å²) in [7, 11) is -2.37. The molecule has 12 nitrogen and oxygen atoms in total. The predicted molar refractivity (Wildman–Crippen MR) is 148 cm³/mol. The molecule has 15 heteroatoms. The molecule has 0 radical (unpaired) electrons. The summed E-state index contributed by atoms with van der Waals surface area (Å²) >= 11 is 0. The van der Waals surface area contributed by atoms with Crippen molar-refractivity contribution in [2.75, 3.05) is 49.3 Å². The summed E-state index contributed by atoms with van der Waals surface area (Å²) in [6, 6.07) is 7.16. The number of anilines is 2. The van der Waals surface area contributed by atoms with Crippen LogP contribution < -0.4 is 19.1 Å². The van der Waals surface area contributed by atoms with Gasteiger partial charge in [-0.1, -0.05) is 6.07 Å². The average Bonchev–Trinajstić information content (AvgIpc) is 2.95. The van der Waals surface area contributed by atoms with Crippen LogP contribution in [-0.4, -0.2) is 74.1 Å². The maximum Gasteiger partial charge on any atom is 0.335 e. The zero-order valence-electron chi connectivity index (χ0n) is 22.4. The highest BCUT2D eigenvalue weighted by molar-refractivity contribution is 7.92. The molecular weight excluding hydrogens is 576 g/mol. The summed E-state index contributed by atoms with van der Waals surface area (Å²) in [6.45, 7) is 1.47. The molecule has 3 heterocycles. The van der Waals surface area contributed by atoms with E-state index in [0.717, 1.165) is 18.4 Å². The Morgan fingerprint density at radius 3 is 2.57 bits per heavy atom. The van der Waals surface area contributed by atoms with E-state index < -0.39 is 27.6 Å². The number of morpholine rings is 1. The Morgan fingerprint density at radius 2 is 1.90 bits per heavy atom. The van der Waals surface area contributed by atoms with Crippen molar-refractivity contribution in [3.05, 3.63) is 65.4 Å². The van der Waals surface area contributed by atoms with Crippen molar-refractivity contribution >= 4 is 38.5 Å². The van der Waals surface area contributed by atoms with Gasteiger partial charge in [0, 0.05) is 41.9 Å². The summed E-state index contributed by atoms with van der Waals surface area (Å²) < 4.78 is 72.4. The first-order chi connectivity index (χ1) is 20.0. The number of sulfonamides is 1. The van der Waals surface area contributed by atoms with Gasteiger partial charge >= 0.3 is 5.97 Å². The maximum absolute atomic E-state index is 15.0. The first-order valence-electron chi connectivity index (χ1n) is 12.5. The van der Waals surface area contributed by atoms with Crippen LogP contribution in [0.3, 0.4) is 0 Å². The fourth-order valence-corrected chi connectivity index (χ4v) is 4.91. The van der Waals surface area contributed by atoms with Gasteiger partial charge in [0.1, 0.15) is 35.2 Å². The summed E-state index contributed by atoms with van der Waals surface area (Å²) in [5.41, 5.74) is 0.642. The van der Waals surface area contributed by atoms with E-state index in [1.807, 2.05) is 4.90 Å². The third kappa shape index (κ3) is 6.31. The molecule has 0 bridgehead atoms. The van der Waals surface area contributed by atoms with Crippen molar-refractivity contribution < 1.29 is 41.3 Å². The van der Waals surface area contributed by atoms with Crippen LogP contribution in [0.2, 0.25) is 0 Å². The van der Waals surface area contributed by atoms with Gasteiger partial charge in [-0.3, -0.25) is 4.72 Å². The number of halogens is 2. The lowest BCUT2D eigenvalue weighted by Gasteiger charge is -2.27. The maximum atomic E-state index is 15.0. The molecule has 5 rings (SSSR count). The van der Waals surface area contributed by atoms with Crippen molar-refractivity contribution in [2.24, 2.45) is 0 Å². The third-order valence-corrected chi connectivity index (χ3v) is 6.90. The molecule has 1 saturated heterocycles. The molecule has 42 heavy (non-hydrogen) atoms. The number of benzene rings is 2. The van der Waals surface area contributed by atoms with E-state index in [2.05, 4.69) is 14.7 Å². The molecule has 1 aliphatic heterocycles. The van der Waals surface area contributed by atoms with Crippen molar-refractivity contribution in [1.29, 1.82) is 0 Å². The summed E-state index contributed by atoms with van der Waals surface area (Å²) in [6.07, 6.45) is 2.38. The first kappa shape index (κ1) is 28.9. The highest BCUT2D eigenvalue weighted by Gasteiger charge is 2.22. The second kappa shape index (κ2) is 11.7. The van der Waals surface area contributed by atoms with Crippen LogP contribution >= 0.6 is 0 Å². The highest BCUT2D eigenvalue weighted by atomic mass is 32.2. The molecule has 2 aromatic heterocycles. The lowest BCUT2D eigenvalue weighted by atomic mass is 10.1. The molecule has 1 aliphatic rings. The Hall–Kier alpha value is -4.63. The zero-order chi connectivity index (χ0) is 30.0. The van der Waals surface area contributed by atoms with Gasteiger partial charge in [-0.05, 0) is 24.3 Å². The number of aromatic carboxylic acids is 1. The largest absolute Gasteiger partial charge is 0.486 e. The number of methoxy groups -OCH3 is 1. The number of nitrogens with zero attached hydrogens (tertiary/aromatic N) is 4. The molecule has 220 valence electrons. The van der Waals surface area contributed by atoms with Gasteiger partial charge in [-0.2, -0.15) is 0 Å². The number of carbonyl (C=O) groups is 1. The van der Waals surface area contributed by atoms with E-state index in [-0.39, 0.29) is 57.6 Å². The van der Waals surface area contributed by atoms with Crippen LogP contribution in [0.4, 0.5) is 20.4 Å². The monoisotopic (exact) mass is 601 g/mol. The van der Waals surface area contributed by atoms with Gasteiger partial charge in [-0.25, -0.2) is 36.9 Å². The van der Waals surface area contributed by atoms with Crippen molar-refractivity contribution in [3.63, 3.8) is 0 Å². The lowest BCUT2D eigenvalue weighted by Crippen LogP contribution is -2.37. The van der Waals surface area contributed by atoms with E-state index in [9.17, 15) is 22.0 Å². The minimum atomic E-state index is -3.70. The Balaban J connectivity index is 1.64. The Kier molecular flexibility index (Phi) is 8.04. The molecule has 2 aromatic carbocycles. The predicted octanol–water partition coefficient (Wildman–Crippen LogP) is 3.46. The molecule has 1 fully saturated rings. The number of pyridine rings is 1. The summed E-state index contributed by atoms with van der Waals surface area (Å²) in [5.74, 6) is -2.49. The SMILES string of the molecule is COc1ncc(-c2nc(N3CCOCC3)nc3c(OCc4ccc(C(=O)O)cc4F)cc(F)cc23)cc1NS(C)(=O)=O. The topological polar surface area (TPSA) is 153 Å². The zero-order valence-corrected chi connectivity index (χ0v) is 23.2. The summed E-state index contributed by atoms with van der Waals surface area (Å²) in [5, 5.41) is 9.32. The second-order valence-electron chi connectivity index (χ2n) is 9.33. The fourth-order valence-electron chi connectivity index (χ4n) is 4.36. The van der Waals surface area contributed by atoms with Crippen LogP contribution in [0.5, 0.6) is 11.6 Å². The molecule has 4 aromatic rings. The number of fused-ring (bicyclic) bond motifs is 1.